The van der Waals surface area contributed by atoms with E-state index in [-0.39, 0.29) is 0 Å². The van der Waals surface area contributed by atoms with Gasteiger partial charge in [-0.25, -0.2) is 0 Å². The summed E-state index contributed by atoms with van der Waals surface area (Å²) in [7, 11) is 0. The van der Waals surface area contributed by atoms with Crippen molar-refractivity contribution in [2.45, 2.75) is 57.9 Å². The summed E-state index contributed by atoms with van der Waals surface area (Å²) < 4.78 is 0. The topological polar surface area (TPSA) is 24.4 Å². The van der Waals surface area contributed by atoms with E-state index in [2.05, 4.69) is 17.2 Å². The molecule has 0 saturated heterocycles. The van der Waals surface area contributed by atoms with Gasteiger partial charge in [-0.1, -0.05) is 19.3 Å². The lowest BCUT2D eigenvalue weighted by Gasteiger charge is -2.28. The van der Waals surface area contributed by atoms with Gasteiger partial charge in [-0.2, -0.15) is 0 Å². The van der Waals surface area contributed by atoms with E-state index >= 15 is 0 Å². The average molecular weight is 194 g/mol. The maximum Gasteiger partial charge on any atom is 0.0965 e. The van der Waals surface area contributed by atoms with Crippen LogP contribution in [-0.2, 0) is 0 Å². The highest BCUT2D eigenvalue weighted by Gasteiger charge is 2.21. The third-order valence-electron chi connectivity index (χ3n) is 3.63. The van der Waals surface area contributed by atoms with Crippen LogP contribution >= 0.6 is 0 Å². The molecule has 0 amide bonds. The number of nitrogens with one attached hydrogen (secondary N) is 1. The molecular weight excluding hydrogens is 172 g/mol. The highest BCUT2D eigenvalue weighted by atomic mass is 15.0. The van der Waals surface area contributed by atoms with Gasteiger partial charge in [0.05, 0.1) is 5.84 Å². The highest BCUT2D eigenvalue weighted by molar-refractivity contribution is 5.83. The lowest BCUT2D eigenvalue weighted by molar-refractivity contribution is 0.301. The Kier molecular flexibility index (Phi) is 3.44. The Bertz CT molecular complexity index is 204. The third kappa shape index (κ3) is 2.49. The van der Waals surface area contributed by atoms with Crippen LogP contribution in [0.3, 0.4) is 0 Å². The molecule has 2 heteroatoms. The smallest absolute Gasteiger partial charge is 0.0965 e. The summed E-state index contributed by atoms with van der Waals surface area (Å²) in [5, 5.41) is 3.60. The lowest BCUT2D eigenvalue weighted by atomic mass is 9.84. The molecule has 0 aromatic carbocycles. The molecule has 1 unspecified atom stereocenters. The summed E-state index contributed by atoms with van der Waals surface area (Å²) >= 11 is 0. The van der Waals surface area contributed by atoms with E-state index in [1.54, 1.807) is 0 Å². The van der Waals surface area contributed by atoms with E-state index in [4.69, 9.17) is 0 Å². The van der Waals surface area contributed by atoms with E-state index in [1.807, 2.05) is 0 Å². The number of amidine groups is 1. The van der Waals surface area contributed by atoms with Crippen LogP contribution in [0.4, 0.5) is 0 Å². The van der Waals surface area contributed by atoms with Gasteiger partial charge < -0.3 is 5.32 Å². The molecule has 2 nitrogen and oxygen atoms in total. The van der Waals surface area contributed by atoms with Gasteiger partial charge in [0, 0.05) is 19.0 Å². The van der Waals surface area contributed by atoms with Crippen molar-refractivity contribution in [3.8, 4) is 0 Å². The van der Waals surface area contributed by atoms with Gasteiger partial charge in [-0.05, 0) is 32.1 Å². The fourth-order valence-corrected chi connectivity index (χ4v) is 2.67. The van der Waals surface area contributed by atoms with Crippen LogP contribution in [0.1, 0.15) is 51.9 Å². The summed E-state index contributed by atoms with van der Waals surface area (Å²) in [6.07, 6.45) is 9.58. The molecule has 14 heavy (non-hydrogen) atoms. The minimum Gasteiger partial charge on any atom is -0.371 e. The predicted molar refractivity (Wildman–Crippen MR) is 60.7 cm³/mol. The Morgan fingerprint density at radius 2 is 2.00 bits per heavy atom. The van der Waals surface area contributed by atoms with Crippen molar-refractivity contribution in [3.63, 3.8) is 0 Å². The molecule has 0 bridgehead atoms. The fourth-order valence-electron chi connectivity index (χ4n) is 2.67. The Balaban J connectivity index is 1.78. The maximum atomic E-state index is 4.48. The number of hydrogen-bond donors (Lipinski definition) is 1. The molecule has 2 aliphatic rings. The highest BCUT2D eigenvalue weighted by Crippen LogP contribution is 2.26. The Labute approximate surface area is 87.2 Å². The van der Waals surface area contributed by atoms with Gasteiger partial charge in [0.1, 0.15) is 0 Å². The molecule has 0 spiro atoms. The Morgan fingerprint density at radius 3 is 2.64 bits per heavy atom. The average Bonchev–Trinajstić information content (AvgIpc) is 2.72. The van der Waals surface area contributed by atoms with Crippen LogP contribution in [-0.4, -0.2) is 18.4 Å². The van der Waals surface area contributed by atoms with Crippen molar-refractivity contribution in [2.75, 3.05) is 6.54 Å². The molecule has 1 aliphatic heterocycles. The van der Waals surface area contributed by atoms with Crippen LogP contribution in [0, 0.1) is 5.92 Å². The largest absolute Gasteiger partial charge is 0.371 e. The summed E-state index contributed by atoms with van der Waals surface area (Å²) in [5.74, 6) is 2.16. The second-order valence-electron chi connectivity index (χ2n) is 4.76. The standard InChI is InChI=1S/C12H22N2/c1-10(11-6-3-2-4-7-11)14-12-8-5-9-13-12/h10-11H,2-9H2,1H3,(H,13,14). The summed E-state index contributed by atoms with van der Waals surface area (Å²) in [5.41, 5.74) is 0. The number of aliphatic imine (C=N–C) groups is 1. The first-order chi connectivity index (χ1) is 6.86. The van der Waals surface area contributed by atoms with Gasteiger partial charge in [0.15, 0.2) is 0 Å². The summed E-state index contributed by atoms with van der Waals surface area (Å²) in [6.45, 7) is 3.37. The Morgan fingerprint density at radius 1 is 1.21 bits per heavy atom. The predicted octanol–water partition coefficient (Wildman–Crippen LogP) is 2.74. The molecular formula is C12H22N2. The first kappa shape index (κ1) is 10.0. The van der Waals surface area contributed by atoms with E-state index in [9.17, 15) is 0 Å². The number of rotatable bonds is 2. The molecule has 1 heterocycles. The van der Waals surface area contributed by atoms with Crippen LogP contribution in [0.2, 0.25) is 0 Å². The van der Waals surface area contributed by atoms with Gasteiger partial charge in [-0.3, -0.25) is 4.99 Å². The maximum absolute atomic E-state index is 4.48. The van der Waals surface area contributed by atoms with Crippen molar-refractivity contribution in [3.05, 3.63) is 0 Å². The van der Waals surface area contributed by atoms with E-state index in [1.165, 1.54) is 50.8 Å². The molecule has 2 rings (SSSR count). The Hall–Kier alpha value is -0.530. The molecule has 1 atom stereocenters. The van der Waals surface area contributed by atoms with Gasteiger partial charge in [0.2, 0.25) is 0 Å². The van der Waals surface area contributed by atoms with Crippen molar-refractivity contribution in [1.29, 1.82) is 0 Å². The van der Waals surface area contributed by atoms with E-state index < -0.39 is 0 Å². The van der Waals surface area contributed by atoms with Gasteiger partial charge >= 0.3 is 0 Å². The first-order valence-electron chi connectivity index (χ1n) is 6.16. The quantitative estimate of drug-likeness (QED) is 0.718. The van der Waals surface area contributed by atoms with Crippen molar-refractivity contribution >= 4 is 5.84 Å². The fraction of sp³-hybridized carbons (Fsp3) is 0.917. The number of nitrogens with zero attached hydrogens (tertiary/aromatic N) is 1. The minimum absolute atomic E-state index is 0.646. The molecule has 80 valence electrons. The zero-order valence-electron chi connectivity index (χ0n) is 9.26. The second-order valence-corrected chi connectivity index (χ2v) is 4.76. The number of hydrogen-bond acceptors (Lipinski definition) is 2. The third-order valence-corrected chi connectivity index (χ3v) is 3.63. The normalized spacial score (nSPS) is 25.9. The molecule has 1 N–H and O–H groups in total. The molecule has 1 saturated carbocycles. The van der Waals surface area contributed by atoms with Crippen molar-refractivity contribution in [2.24, 2.45) is 10.9 Å². The van der Waals surface area contributed by atoms with Crippen LogP contribution in [0.15, 0.2) is 4.99 Å². The van der Waals surface area contributed by atoms with Crippen molar-refractivity contribution < 1.29 is 0 Å². The van der Waals surface area contributed by atoms with Crippen LogP contribution < -0.4 is 5.32 Å². The van der Waals surface area contributed by atoms with Crippen molar-refractivity contribution in [1.82, 2.24) is 5.32 Å². The monoisotopic (exact) mass is 194 g/mol. The zero-order chi connectivity index (χ0) is 9.80. The lowest BCUT2D eigenvalue weighted by Crippen LogP contribution is -2.38. The van der Waals surface area contributed by atoms with E-state index in [0.29, 0.717) is 6.04 Å². The summed E-state index contributed by atoms with van der Waals surface area (Å²) in [6, 6.07) is 0.646. The molecule has 0 aromatic rings. The minimum atomic E-state index is 0.646. The SMILES string of the molecule is CC(NC1=NCCC1)C1CCCCC1. The van der Waals surface area contributed by atoms with Gasteiger partial charge in [0.25, 0.3) is 0 Å². The molecule has 1 aliphatic carbocycles. The van der Waals surface area contributed by atoms with Gasteiger partial charge in [-0.15, -0.1) is 0 Å². The molecule has 0 radical (unpaired) electrons. The summed E-state index contributed by atoms with van der Waals surface area (Å²) in [4.78, 5) is 4.48. The van der Waals surface area contributed by atoms with E-state index in [0.717, 1.165) is 12.5 Å². The van der Waals surface area contributed by atoms with Crippen LogP contribution in [0.25, 0.3) is 0 Å². The van der Waals surface area contributed by atoms with Crippen LogP contribution in [0.5, 0.6) is 0 Å². The molecule has 1 fully saturated rings. The second kappa shape index (κ2) is 4.81. The molecule has 0 aromatic heterocycles. The first-order valence-corrected chi connectivity index (χ1v) is 6.16. The zero-order valence-corrected chi connectivity index (χ0v) is 9.26.